The van der Waals surface area contributed by atoms with Gasteiger partial charge >= 0.3 is 57.4 Å². The average molecular weight is 224 g/mol. The first-order valence-corrected chi connectivity index (χ1v) is 3.99. The van der Waals surface area contributed by atoms with Crippen molar-refractivity contribution in [2.24, 2.45) is 7.05 Å². The summed E-state index contributed by atoms with van der Waals surface area (Å²) in [6, 6.07) is 0. The summed E-state index contributed by atoms with van der Waals surface area (Å²) in [5, 5.41) is 12.5. The van der Waals surface area contributed by atoms with Crippen molar-refractivity contribution < 1.29 is 67.1 Å². The van der Waals surface area contributed by atoms with Gasteiger partial charge < -0.3 is 6.53 Å². The molecule has 1 aliphatic rings. The molecule has 1 saturated carbocycles. The van der Waals surface area contributed by atoms with Crippen molar-refractivity contribution in [2.45, 2.75) is 18.5 Å². The SMILES string of the molecule is Cn1ncc(C(=O)O)c1C1(F)CC1.[H-].[K+]. The third kappa shape index (κ3) is 1.94. The monoisotopic (exact) mass is 224 g/mol. The van der Waals surface area contributed by atoms with E-state index in [9.17, 15) is 9.18 Å². The van der Waals surface area contributed by atoms with Gasteiger partial charge in [0.05, 0.1) is 11.9 Å². The van der Waals surface area contributed by atoms with Crippen molar-refractivity contribution in [3.8, 4) is 0 Å². The number of aryl methyl sites for hydroxylation is 1. The van der Waals surface area contributed by atoms with Crippen LogP contribution < -0.4 is 51.4 Å². The zero-order valence-corrected chi connectivity index (χ0v) is 11.2. The van der Waals surface area contributed by atoms with E-state index in [1.54, 1.807) is 7.05 Å². The van der Waals surface area contributed by atoms with Crippen LogP contribution >= 0.6 is 0 Å². The van der Waals surface area contributed by atoms with Gasteiger partial charge in [-0.25, -0.2) is 9.18 Å². The van der Waals surface area contributed by atoms with Crippen molar-refractivity contribution in [1.82, 2.24) is 9.78 Å². The Kier molecular flexibility index (Phi) is 3.53. The molecule has 1 heterocycles. The van der Waals surface area contributed by atoms with Gasteiger partial charge in [0.25, 0.3) is 0 Å². The topological polar surface area (TPSA) is 55.1 Å². The number of carboxylic acids is 1. The first-order chi connectivity index (χ1) is 6.04. The Morgan fingerprint density at radius 2 is 2.36 bits per heavy atom. The maximum atomic E-state index is 13.6. The number of carbonyl (C=O) groups is 1. The van der Waals surface area contributed by atoms with E-state index in [0.29, 0.717) is 12.8 Å². The number of carboxylic acid groups (broad SMARTS) is 1. The molecule has 1 aromatic heterocycles. The Hall–Kier alpha value is 0.246. The molecule has 1 aromatic rings. The van der Waals surface area contributed by atoms with Crippen LogP contribution in [-0.2, 0) is 12.7 Å². The zero-order chi connectivity index (χ0) is 9.64. The number of hydrogen-bond acceptors (Lipinski definition) is 2. The summed E-state index contributed by atoms with van der Waals surface area (Å²) in [5.41, 5.74) is -1.28. The van der Waals surface area contributed by atoms with Crippen LogP contribution in [0.15, 0.2) is 6.20 Å². The van der Waals surface area contributed by atoms with E-state index in [-0.39, 0.29) is 64.1 Å². The van der Waals surface area contributed by atoms with Crippen LogP contribution in [0.5, 0.6) is 0 Å². The normalized spacial score (nSPS) is 17.3. The van der Waals surface area contributed by atoms with Gasteiger partial charge in [-0.2, -0.15) is 5.10 Å². The standard InChI is InChI=1S/C8H9FN2O2.K.H/c1-11-6(8(9)2-3-8)5(4-10-11)7(12)13;;/h4H,2-3H2,1H3,(H,12,13);;/q;+1;-1. The minimum atomic E-state index is -1.45. The van der Waals surface area contributed by atoms with Gasteiger partial charge in [0, 0.05) is 7.05 Å². The van der Waals surface area contributed by atoms with Gasteiger partial charge in [0.2, 0.25) is 0 Å². The summed E-state index contributed by atoms with van der Waals surface area (Å²) in [4.78, 5) is 10.7. The Balaban J connectivity index is 0.000000980. The summed E-state index contributed by atoms with van der Waals surface area (Å²) < 4.78 is 14.9. The number of nitrogens with zero attached hydrogens (tertiary/aromatic N) is 2. The summed E-state index contributed by atoms with van der Waals surface area (Å²) in [5.74, 6) is -1.12. The van der Waals surface area contributed by atoms with Gasteiger partial charge in [0.1, 0.15) is 5.56 Å². The number of aromatic carboxylic acids is 1. The molecular weight excluding hydrogens is 214 g/mol. The zero-order valence-electron chi connectivity index (χ0n) is 9.12. The Labute approximate surface area is 124 Å². The molecule has 4 nitrogen and oxygen atoms in total. The molecule has 0 amide bonds. The molecule has 0 aromatic carbocycles. The molecule has 0 unspecified atom stereocenters. The minimum Gasteiger partial charge on any atom is -1.00 e. The van der Waals surface area contributed by atoms with Crippen LogP contribution in [0.25, 0.3) is 0 Å². The first-order valence-electron chi connectivity index (χ1n) is 3.99. The van der Waals surface area contributed by atoms with Crippen LogP contribution in [0.1, 0.15) is 30.3 Å². The molecular formula is C8H10FKN2O2. The molecule has 0 bridgehead atoms. The van der Waals surface area contributed by atoms with Crippen LogP contribution in [0.2, 0.25) is 0 Å². The van der Waals surface area contributed by atoms with E-state index in [0.717, 1.165) is 0 Å². The number of alkyl halides is 1. The second-order valence-electron chi connectivity index (χ2n) is 3.30. The number of halogens is 1. The van der Waals surface area contributed by atoms with Gasteiger partial charge in [-0.1, -0.05) is 0 Å². The van der Waals surface area contributed by atoms with Crippen molar-refractivity contribution >= 4 is 5.97 Å². The molecule has 1 N–H and O–H groups in total. The molecule has 1 fully saturated rings. The third-order valence-corrected chi connectivity index (χ3v) is 2.28. The molecule has 72 valence electrons. The molecule has 6 heteroatoms. The Bertz CT molecular complexity index is 379. The quantitative estimate of drug-likeness (QED) is 0.603. The molecule has 0 aliphatic heterocycles. The fourth-order valence-corrected chi connectivity index (χ4v) is 1.47. The predicted octanol–water partition coefficient (Wildman–Crippen LogP) is -1.81. The predicted molar refractivity (Wildman–Crippen MR) is 43.3 cm³/mol. The molecule has 0 spiro atoms. The van der Waals surface area contributed by atoms with E-state index in [1.165, 1.54) is 10.9 Å². The maximum Gasteiger partial charge on any atom is 1.00 e. The summed E-state index contributed by atoms with van der Waals surface area (Å²) in [7, 11) is 1.56. The molecule has 0 atom stereocenters. The second kappa shape index (κ2) is 4.01. The van der Waals surface area contributed by atoms with Crippen molar-refractivity contribution in [1.29, 1.82) is 0 Å². The molecule has 1 aliphatic carbocycles. The molecule has 0 radical (unpaired) electrons. The minimum absolute atomic E-state index is 0. The van der Waals surface area contributed by atoms with Gasteiger partial charge in [-0.3, -0.25) is 4.68 Å². The average Bonchev–Trinajstić information content (AvgIpc) is 2.62. The molecule has 0 saturated heterocycles. The fraction of sp³-hybridized carbons (Fsp3) is 0.500. The largest absolute Gasteiger partial charge is 1.00 e. The maximum absolute atomic E-state index is 13.6. The molecule has 2 rings (SSSR count). The fourth-order valence-electron chi connectivity index (χ4n) is 1.47. The first kappa shape index (κ1) is 12.3. The van der Waals surface area contributed by atoms with E-state index in [1.807, 2.05) is 0 Å². The van der Waals surface area contributed by atoms with Gasteiger partial charge in [-0.05, 0) is 12.8 Å². The second-order valence-corrected chi connectivity index (χ2v) is 3.30. The van der Waals surface area contributed by atoms with Crippen LogP contribution in [0, 0.1) is 0 Å². The smallest absolute Gasteiger partial charge is 1.00 e. The van der Waals surface area contributed by atoms with E-state index in [2.05, 4.69) is 5.10 Å². The van der Waals surface area contributed by atoms with Crippen molar-refractivity contribution in [3.05, 3.63) is 17.5 Å². The van der Waals surface area contributed by atoms with Gasteiger partial charge in [0.15, 0.2) is 5.67 Å². The van der Waals surface area contributed by atoms with Crippen molar-refractivity contribution in [2.75, 3.05) is 0 Å². The number of aromatic nitrogens is 2. The van der Waals surface area contributed by atoms with E-state index in [4.69, 9.17) is 5.11 Å². The van der Waals surface area contributed by atoms with E-state index >= 15 is 0 Å². The van der Waals surface area contributed by atoms with Crippen molar-refractivity contribution in [3.63, 3.8) is 0 Å². The summed E-state index contributed by atoms with van der Waals surface area (Å²) >= 11 is 0. The van der Waals surface area contributed by atoms with Crippen LogP contribution in [-0.4, -0.2) is 20.9 Å². The number of hydrogen-bond donors (Lipinski definition) is 1. The third-order valence-electron chi connectivity index (χ3n) is 2.28. The van der Waals surface area contributed by atoms with Crippen LogP contribution in [0.4, 0.5) is 4.39 Å². The van der Waals surface area contributed by atoms with E-state index < -0.39 is 11.6 Å². The summed E-state index contributed by atoms with van der Waals surface area (Å²) in [6.45, 7) is 0. The number of rotatable bonds is 2. The van der Waals surface area contributed by atoms with Crippen LogP contribution in [0.3, 0.4) is 0 Å². The summed E-state index contributed by atoms with van der Waals surface area (Å²) in [6.07, 6.45) is 1.98. The Morgan fingerprint density at radius 3 is 2.79 bits per heavy atom. The Morgan fingerprint density at radius 1 is 1.79 bits per heavy atom. The van der Waals surface area contributed by atoms with Gasteiger partial charge in [-0.15, -0.1) is 0 Å². The molecule has 14 heavy (non-hydrogen) atoms.